The van der Waals surface area contributed by atoms with Crippen molar-refractivity contribution in [3.05, 3.63) is 11.9 Å². The largest absolute Gasteiger partial charge is 0.378 e. The Hall–Kier alpha value is -0.980. The summed E-state index contributed by atoms with van der Waals surface area (Å²) in [4.78, 5) is 2.49. The highest BCUT2D eigenvalue weighted by atomic mass is 16.5. The normalized spacial score (nSPS) is 16.7. The van der Waals surface area contributed by atoms with E-state index in [4.69, 9.17) is 4.74 Å². The van der Waals surface area contributed by atoms with Gasteiger partial charge >= 0.3 is 0 Å². The maximum absolute atomic E-state index is 5.70. The molecule has 0 amide bonds. The summed E-state index contributed by atoms with van der Waals surface area (Å²) in [6.45, 7) is 10.8. The monoisotopic (exact) mass is 295 g/mol. The lowest BCUT2D eigenvalue weighted by molar-refractivity contribution is 0.0896. The number of likely N-dealkylation sites (tertiary alicyclic amines) is 1. The van der Waals surface area contributed by atoms with Crippen LogP contribution in [-0.2, 0) is 17.8 Å². The van der Waals surface area contributed by atoms with Crippen molar-refractivity contribution in [3.8, 4) is 0 Å². The van der Waals surface area contributed by atoms with Crippen molar-refractivity contribution in [1.29, 1.82) is 0 Å². The van der Waals surface area contributed by atoms with Crippen LogP contribution in [0.25, 0.3) is 0 Å². The molecule has 2 heterocycles. The molecule has 21 heavy (non-hydrogen) atoms. The van der Waals surface area contributed by atoms with Gasteiger partial charge in [-0.2, -0.15) is 0 Å². The van der Waals surface area contributed by atoms with Gasteiger partial charge in [-0.1, -0.05) is 25.5 Å². The van der Waals surface area contributed by atoms with Crippen LogP contribution in [0.2, 0.25) is 0 Å². The Balaban J connectivity index is 1.54. The maximum Gasteiger partial charge on any atom is 0.0964 e. The minimum atomic E-state index is 0.466. The van der Waals surface area contributed by atoms with Gasteiger partial charge in [-0.3, -0.25) is 0 Å². The van der Waals surface area contributed by atoms with Crippen molar-refractivity contribution < 1.29 is 4.74 Å². The van der Waals surface area contributed by atoms with Crippen molar-refractivity contribution in [2.45, 2.75) is 52.2 Å². The van der Waals surface area contributed by atoms with E-state index in [9.17, 15) is 0 Å². The van der Waals surface area contributed by atoms with Gasteiger partial charge < -0.3 is 15.0 Å². The number of aromatic nitrogens is 3. The molecule has 6 heteroatoms. The van der Waals surface area contributed by atoms with Crippen LogP contribution in [0.4, 0.5) is 0 Å². The van der Waals surface area contributed by atoms with E-state index >= 15 is 0 Å². The second-order valence-electron chi connectivity index (χ2n) is 6.02. The van der Waals surface area contributed by atoms with Crippen LogP contribution in [0.15, 0.2) is 6.20 Å². The highest BCUT2D eigenvalue weighted by Crippen LogP contribution is 2.07. The summed E-state index contributed by atoms with van der Waals surface area (Å²) in [7, 11) is 0. The van der Waals surface area contributed by atoms with Gasteiger partial charge in [0.15, 0.2) is 0 Å². The molecule has 1 aromatic heterocycles. The molecule has 1 aliphatic heterocycles. The lowest BCUT2D eigenvalue weighted by Gasteiger charge is -2.26. The average molecular weight is 295 g/mol. The van der Waals surface area contributed by atoms with Crippen LogP contribution in [0, 0.1) is 0 Å². The highest BCUT2D eigenvalue weighted by molar-refractivity contribution is 4.91. The predicted molar refractivity (Wildman–Crippen MR) is 83.1 cm³/mol. The second kappa shape index (κ2) is 9.12. The Kier molecular flexibility index (Phi) is 7.12. The molecule has 0 saturated carbocycles. The summed E-state index contributed by atoms with van der Waals surface area (Å²) >= 11 is 0. The summed E-state index contributed by atoms with van der Waals surface area (Å²) < 4.78 is 7.56. The standard InChI is InChI=1S/C15H29N5O/c1-14(2)16-12-15-13-20(18-17-15)9-11-21-10-8-19-6-4-3-5-7-19/h13-14,16H,3-12H2,1-2H3. The SMILES string of the molecule is CC(C)NCc1cn(CCOCCN2CCCCC2)nn1. The molecule has 6 nitrogen and oxygen atoms in total. The number of ether oxygens (including phenoxy) is 1. The minimum Gasteiger partial charge on any atom is -0.378 e. The number of hydrogen-bond acceptors (Lipinski definition) is 5. The molecule has 0 aliphatic carbocycles. The van der Waals surface area contributed by atoms with Crippen LogP contribution in [-0.4, -0.2) is 58.8 Å². The molecule has 0 bridgehead atoms. The first-order chi connectivity index (χ1) is 10.2. The number of nitrogens with zero attached hydrogens (tertiary/aromatic N) is 4. The first-order valence-corrected chi connectivity index (χ1v) is 8.16. The summed E-state index contributed by atoms with van der Waals surface area (Å²) in [5.41, 5.74) is 0.983. The predicted octanol–water partition coefficient (Wildman–Crippen LogP) is 1.28. The molecule has 1 saturated heterocycles. The van der Waals surface area contributed by atoms with Crippen LogP contribution < -0.4 is 5.32 Å². The minimum absolute atomic E-state index is 0.466. The molecule has 1 aromatic rings. The van der Waals surface area contributed by atoms with E-state index < -0.39 is 0 Å². The molecular formula is C15H29N5O. The van der Waals surface area contributed by atoms with Crippen molar-refractivity contribution >= 4 is 0 Å². The molecule has 0 spiro atoms. The van der Waals surface area contributed by atoms with Gasteiger partial charge in [0.05, 0.1) is 25.5 Å². The average Bonchev–Trinajstić information content (AvgIpc) is 2.94. The number of nitrogens with one attached hydrogen (secondary N) is 1. The lowest BCUT2D eigenvalue weighted by Crippen LogP contribution is -2.32. The van der Waals surface area contributed by atoms with Gasteiger partial charge in [0.25, 0.3) is 0 Å². The zero-order chi connectivity index (χ0) is 14.9. The Morgan fingerprint density at radius 2 is 1.95 bits per heavy atom. The molecule has 0 atom stereocenters. The molecule has 0 aromatic carbocycles. The first kappa shape index (κ1) is 16.4. The van der Waals surface area contributed by atoms with Gasteiger partial charge in [-0.25, -0.2) is 4.68 Å². The Labute approximate surface area is 127 Å². The van der Waals surface area contributed by atoms with Gasteiger partial charge in [0.2, 0.25) is 0 Å². The number of rotatable bonds is 9. The third-order valence-corrected chi connectivity index (χ3v) is 3.74. The van der Waals surface area contributed by atoms with Crippen LogP contribution >= 0.6 is 0 Å². The zero-order valence-corrected chi connectivity index (χ0v) is 13.4. The molecule has 1 aliphatic rings. The van der Waals surface area contributed by atoms with E-state index in [1.54, 1.807) is 0 Å². The lowest BCUT2D eigenvalue weighted by atomic mass is 10.1. The molecule has 2 rings (SSSR count). The van der Waals surface area contributed by atoms with E-state index in [2.05, 4.69) is 34.4 Å². The summed E-state index contributed by atoms with van der Waals surface area (Å²) in [5.74, 6) is 0. The zero-order valence-electron chi connectivity index (χ0n) is 13.4. The quantitative estimate of drug-likeness (QED) is 0.696. The summed E-state index contributed by atoms with van der Waals surface area (Å²) in [6.07, 6.45) is 6.05. The first-order valence-electron chi connectivity index (χ1n) is 8.16. The van der Waals surface area contributed by atoms with Gasteiger partial charge in [0, 0.05) is 25.3 Å². The molecular weight excluding hydrogens is 266 g/mol. The molecule has 0 radical (unpaired) electrons. The Morgan fingerprint density at radius 1 is 1.19 bits per heavy atom. The van der Waals surface area contributed by atoms with Crippen molar-refractivity contribution in [2.24, 2.45) is 0 Å². The maximum atomic E-state index is 5.70. The molecule has 120 valence electrons. The molecule has 1 fully saturated rings. The smallest absolute Gasteiger partial charge is 0.0964 e. The van der Waals surface area contributed by atoms with E-state index in [0.717, 1.165) is 31.9 Å². The fraction of sp³-hybridized carbons (Fsp3) is 0.867. The molecule has 1 N–H and O–H groups in total. The molecule has 0 unspecified atom stereocenters. The van der Waals surface area contributed by atoms with E-state index in [1.807, 2.05) is 10.9 Å². The fourth-order valence-corrected chi connectivity index (χ4v) is 2.47. The van der Waals surface area contributed by atoms with Gasteiger partial charge in [-0.05, 0) is 25.9 Å². The van der Waals surface area contributed by atoms with Crippen molar-refractivity contribution in [1.82, 2.24) is 25.2 Å². The van der Waals surface area contributed by atoms with E-state index in [-0.39, 0.29) is 0 Å². The Bertz CT molecular complexity index is 387. The topological polar surface area (TPSA) is 55.2 Å². The summed E-state index contributed by atoms with van der Waals surface area (Å²) in [6, 6.07) is 0.466. The third-order valence-electron chi connectivity index (χ3n) is 3.74. The fourth-order valence-electron chi connectivity index (χ4n) is 2.47. The third kappa shape index (κ3) is 6.54. The Morgan fingerprint density at radius 3 is 2.71 bits per heavy atom. The highest BCUT2D eigenvalue weighted by Gasteiger charge is 2.09. The number of piperidine rings is 1. The number of hydrogen-bond donors (Lipinski definition) is 1. The van der Waals surface area contributed by atoms with Crippen LogP contribution in [0.1, 0.15) is 38.8 Å². The van der Waals surface area contributed by atoms with Crippen LogP contribution in [0.3, 0.4) is 0 Å². The van der Waals surface area contributed by atoms with E-state index in [0.29, 0.717) is 12.6 Å². The van der Waals surface area contributed by atoms with E-state index in [1.165, 1.54) is 32.4 Å². The van der Waals surface area contributed by atoms with Crippen molar-refractivity contribution in [2.75, 3.05) is 32.8 Å². The van der Waals surface area contributed by atoms with Gasteiger partial charge in [-0.15, -0.1) is 5.10 Å². The van der Waals surface area contributed by atoms with Crippen LogP contribution in [0.5, 0.6) is 0 Å². The van der Waals surface area contributed by atoms with Gasteiger partial charge in [0.1, 0.15) is 0 Å². The van der Waals surface area contributed by atoms with Crippen molar-refractivity contribution in [3.63, 3.8) is 0 Å². The second-order valence-corrected chi connectivity index (χ2v) is 6.02. The summed E-state index contributed by atoms with van der Waals surface area (Å²) in [5, 5.41) is 11.6.